The van der Waals surface area contributed by atoms with Crippen molar-refractivity contribution in [2.24, 2.45) is 0 Å². The minimum atomic E-state index is 0.253. The van der Waals surface area contributed by atoms with Gasteiger partial charge >= 0.3 is 0 Å². The molecule has 0 aliphatic heterocycles. The second-order valence-corrected chi connectivity index (χ2v) is 4.13. The van der Waals surface area contributed by atoms with Crippen LogP contribution in [0.4, 0.5) is 0 Å². The van der Waals surface area contributed by atoms with Crippen molar-refractivity contribution < 1.29 is 14.0 Å². The van der Waals surface area contributed by atoms with Gasteiger partial charge in [-0.15, -0.1) is 0 Å². The van der Waals surface area contributed by atoms with E-state index in [1.807, 2.05) is 25.1 Å². The van der Waals surface area contributed by atoms with Crippen LogP contribution in [0, 0.1) is 0 Å². The fraction of sp³-hybridized carbons (Fsp3) is 0.429. The van der Waals surface area contributed by atoms with Crippen LogP contribution in [-0.4, -0.2) is 23.3 Å². The Morgan fingerprint density at radius 3 is 2.80 bits per heavy atom. The van der Waals surface area contributed by atoms with Gasteiger partial charge in [0.1, 0.15) is 0 Å². The maximum Gasteiger partial charge on any atom is 0.213 e. The number of benzene rings is 1. The molecule has 108 valence electrons. The van der Waals surface area contributed by atoms with Gasteiger partial charge in [0.25, 0.3) is 0 Å². The van der Waals surface area contributed by atoms with E-state index in [0.717, 1.165) is 24.4 Å². The Morgan fingerprint density at radius 2 is 2.10 bits per heavy atom. The Morgan fingerprint density at radius 1 is 1.20 bits per heavy atom. The summed E-state index contributed by atoms with van der Waals surface area (Å²) in [4.78, 5) is 3.91. The van der Waals surface area contributed by atoms with Crippen molar-refractivity contribution in [1.82, 2.24) is 15.5 Å². The minimum Gasteiger partial charge on any atom is -0.490 e. The van der Waals surface area contributed by atoms with Gasteiger partial charge in [0.15, 0.2) is 18.1 Å². The Bertz CT molecular complexity index is 514. The number of ether oxygens (including phenoxy) is 2. The molecule has 1 heterocycles. The van der Waals surface area contributed by atoms with Gasteiger partial charge in [0, 0.05) is 6.54 Å². The summed E-state index contributed by atoms with van der Waals surface area (Å²) in [7, 11) is 0. The van der Waals surface area contributed by atoms with Crippen molar-refractivity contribution in [3.8, 4) is 11.5 Å². The first kappa shape index (κ1) is 14.3. The van der Waals surface area contributed by atoms with Gasteiger partial charge in [-0.2, -0.15) is 4.98 Å². The molecule has 0 bridgehead atoms. The predicted molar refractivity (Wildman–Crippen MR) is 73.6 cm³/mol. The van der Waals surface area contributed by atoms with E-state index >= 15 is 0 Å². The molecule has 0 spiro atoms. The van der Waals surface area contributed by atoms with Crippen LogP contribution in [0.1, 0.15) is 25.2 Å². The van der Waals surface area contributed by atoms with Crippen LogP contribution in [0.5, 0.6) is 11.5 Å². The molecule has 0 aliphatic rings. The summed E-state index contributed by atoms with van der Waals surface area (Å²) in [6.07, 6.45) is 1.28. The Hall–Kier alpha value is -2.08. The normalized spacial score (nSPS) is 10.5. The molecule has 0 fully saturated rings. The van der Waals surface area contributed by atoms with Crippen molar-refractivity contribution in [2.75, 3.05) is 13.2 Å². The summed E-state index contributed by atoms with van der Waals surface area (Å²) in [6.45, 7) is 6.60. The zero-order valence-corrected chi connectivity index (χ0v) is 11.8. The van der Waals surface area contributed by atoms with Gasteiger partial charge in [0.05, 0.1) is 6.61 Å². The zero-order chi connectivity index (χ0) is 14.2. The van der Waals surface area contributed by atoms with Gasteiger partial charge < -0.3 is 19.3 Å². The van der Waals surface area contributed by atoms with Crippen molar-refractivity contribution in [3.05, 3.63) is 36.0 Å². The lowest BCUT2D eigenvalue weighted by molar-refractivity contribution is 0.258. The first-order chi connectivity index (χ1) is 9.83. The van der Waals surface area contributed by atoms with Crippen LogP contribution < -0.4 is 14.8 Å². The van der Waals surface area contributed by atoms with Gasteiger partial charge in [0.2, 0.25) is 12.2 Å². The average Bonchev–Trinajstić information content (AvgIpc) is 2.98. The molecular formula is C14H19N3O3. The van der Waals surface area contributed by atoms with Crippen molar-refractivity contribution in [3.63, 3.8) is 0 Å². The molecule has 0 aliphatic carbocycles. The number of nitrogens with zero attached hydrogens (tertiary/aromatic N) is 2. The van der Waals surface area contributed by atoms with Crippen LogP contribution in [0.15, 0.2) is 29.1 Å². The van der Waals surface area contributed by atoms with Crippen LogP contribution >= 0.6 is 0 Å². The fourth-order valence-electron chi connectivity index (χ4n) is 1.72. The quantitative estimate of drug-likeness (QED) is 0.797. The van der Waals surface area contributed by atoms with Crippen LogP contribution in [0.3, 0.4) is 0 Å². The maximum absolute atomic E-state index is 5.66. The van der Waals surface area contributed by atoms with E-state index in [1.165, 1.54) is 6.39 Å². The highest BCUT2D eigenvalue weighted by Crippen LogP contribution is 2.29. The molecule has 6 heteroatoms. The lowest BCUT2D eigenvalue weighted by Crippen LogP contribution is -2.12. The topological polar surface area (TPSA) is 69.4 Å². The second kappa shape index (κ2) is 7.49. The van der Waals surface area contributed by atoms with E-state index in [9.17, 15) is 0 Å². The number of nitrogens with one attached hydrogen (secondary N) is 1. The smallest absolute Gasteiger partial charge is 0.213 e. The molecular weight excluding hydrogens is 258 g/mol. The van der Waals surface area contributed by atoms with Crippen LogP contribution in [-0.2, 0) is 13.2 Å². The van der Waals surface area contributed by atoms with Gasteiger partial charge in [-0.25, -0.2) is 0 Å². The van der Waals surface area contributed by atoms with E-state index in [-0.39, 0.29) is 6.61 Å². The van der Waals surface area contributed by atoms with Gasteiger partial charge in [-0.1, -0.05) is 18.1 Å². The summed E-state index contributed by atoms with van der Waals surface area (Å²) in [6, 6.07) is 5.90. The molecule has 0 saturated carbocycles. The first-order valence-electron chi connectivity index (χ1n) is 6.68. The van der Waals surface area contributed by atoms with E-state index in [1.54, 1.807) is 0 Å². The van der Waals surface area contributed by atoms with Crippen molar-refractivity contribution in [1.29, 1.82) is 0 Å². The largest absolute Gasteiger partial charge is 0.490 e. The third-order valence-corrected chi connectivity index (χ3v) is 2.65. The number of aromatic nitrogens is 2. The first-order valence-corrected chi connectivity index (χ1v) is 6.68. The average molecular weight is 277 g/mol. The van der Waals surface area contributed by atoms with Gasteiger partial charge in [-0.05, 0) is 31.2 Å². The number of rotatable bonds is 8. The number of hydrogen-bond donors (Lipinski definition) is 1. The standard InChI is InChI=1S/C14H19N3O3/c1-3-15-8-11-5-6-12(13(7-11)18-4-2)19-9-14-16-10-20-17-14/h5-7,10,15H,3-4,8-9H2,1-2H3. The lowest BCUT2D eigenvalue weighted by atomic mass is 10.2. The molecule has 0 unspecified atom stereocenters. The second-order valence-electron chi connectivity index (χ2n) is 4.13. The summed E-state index contributed by atoms with van der Waals surface area (Å²) in [5.41, 5.74) is 1.15. The Labute approximate surface area is 118 Å². The molecule has 0 saturated heterocycles. The third-order valence-electron chi connectivity index (χ3n) is 2.65. The Balaban J connectivity index is 2.06. The molecule has 1 aromatic carbocycles. The predicted octanol–water partition coefficient (Wildman–Crippen LogP) is 2.16. The molecule has 2 rings (SSSR count). The maximum atomic E-state index is 5.66. The van der Waals surface area contributed by atoms with E-state index in [4.69, 9.17) is 9.47 Å². The number of hydrogen-bond acceptors (Lipinski definition) is 6. The van der Waals surface area contributed by atoms with E-state index in [2.05, 4.69) is 26.9 Å². The lowest BCUT2D eigenvalue weighted by Gasteiger charge is -2.12. The molecule has 20 heavy (non-hydrogen) atoms. The summed E-state index contributed by atoms with van der Waals surface area (Å²) < 4.78 is 15.9. The van der Waals surface area contributed by atoms with Crippen LogP contribution in [0.2, 0.25) is 0 Å². The molecule has 0 radical (unpaired) electrons. The SMILES string of the molecule is CCNCc1ccc(OCc2ncon2)c(OCC)c1. The monoisotopic (exact) mass is 277 g/mol. The van der Waals surface area contributed by atoms with Crippen molar-refractivity contribution in [2.45, 2.75) is 27.0 Å². The highest BCUT2D eigenvalue weighted by molar-refractivity contribution is 5.43. The fourth-order valence-corrected chi connectivity index (χ4v) is 1.72. The van der Waals surface area contributed by atoms with E-state index in [0.29, 0.717) is 18.2 Å². The summed E-state index contributed by atoms with van der Waals surface area (Å²) >= 11 is 0. The van der Waals surface area contributed by atoms with Crippen molar-refractivity contribution >= 4 is 0 Å². The molecule has 6 nitrogen and oxygen atoms in total. The summed E-state index contributed by atoms with van der Waals surface area (Å²) in [5.74, 6) is 1.91. The van der Waals surface area contributed by atoms with Gasteiger partial charge in [-0.3, -0.25) is 0 Å². The minimum absolute atomic E-state index is 0.253. The highest BCUT2D eigenvalue weighted by Gasteiger charge is 2.08. The van der Waals surface area contributed by atoms with E-state index < -0.39 is 0 Å². The molecule has 0 amide bonds. The highest BCUT2D eigenvalue weighted by atomic mass is 16.5. The molecule has 1 aromatic heterocycles. The summed E-state index contributed by atoms with van der Waals surface area (Å²) in [5, 5.41) is 6.98. The molecule has 1 N–H and O–H groups in total. The third kappa shape index (κ3) is 3.96. The molecule has 2 aromatic rings. The van der Waals surface area contributed by atoms with Crippen LogP contribution in [0.25, 0.3) is 0 Å². The molecule has 0 atom stereocenters. The zero-order valence-electron chi connectivity index (χ0n) is 11.8. The Kier molecular flexibility index (Phi) is 5.37.